The maximum absolute atomic E-state index is 11.0. The highest BCUT2D eigenvalue weighted by Gasteiger charge is 2.23. The molecule has 0 fully saturated rings. The molecular formula is C16H37ClN2O7. The number of aliphatic carboxylic acids is 1. The molecule has 0 aliphatic rings. The Balaban J connectivity index is -0.000000149. The van der Waals surface area contributed by atoms with Gasteiger partial charge in [0.05, 0.1) is 19.8 Å². The Morgan fingerprint density at radius 2 is 1.27 bits per heavy atom. The monoisotopic (exact) mass is 404 g/mol. The van der Waals surface area contributed by atoms with Gasteiger partial charge < -0.3 is 35.9 Å². The SMILES string of the molecule is CC(C)(N)C(=O)O.CCOCCO.CCOCCOC(=O)C(C)(C)N.Cl. The van der Waals surface area contributed by atoms with Crippen LogP contribution in [0.25, 0.3) is 0 Å². The summed E-state index contributed by atoms with van der Waals surface area (Å²) in [6.07, 6.45) is 0. The summed E-state index contributed by atoms with van der Waals surface area (Å²) in [7, 11) is 0. The van der Waals surface area contributed by atoms with Crippen LogP contribution in [0.5, 0.6) is 0 Å². The van der Waals surface area contributed by atoms with Gasteiger partial charge in [0.25, 0.3) is 0 Å². The van der Waals surface area contributed by atoms with Crippen LogP contribution in [0, 0.1) is 0 Å². The Bertz CT molecular complexity index is 338. The molecule has 0 aromatic rings. The molecule has 160 valence electrons. The first kappa shape index (κ1) is 32.7. The number of nitrogens with two attached hydrogens (primary N) is 2. The average molecular weight is 405 g/mol. The number of rotatable bonds is 9. The van der Waals surface area contributed by atoms with Crippen molar-refractivity contribution in [2.24, 2.45) is 11.5 Å². The van der Waals surface area contributed by atoms with Gasteiger partial charge in [0.1, 0.15) is 17.7 Å². The van der Waals surface area contributed by atoms with Gasteiger partial charge in [-0.2, -0.15) is 0 Å². The van der Waals surface area contributed by atoms with Crippen LogP contribution in [-0.4, -0.2) is 72.9 Å². The van der Waals surface area contributed by atoms with Crippen molar-refractivity contribution in [1.82, 2.24) is 0 Å². The maximum atomic E-state index is 11.0. The smallest absolute Gasteiger partial charge is 0.325 e. The lowest BCUT2D eigenvalue weighted by atomic mass is 10.1. The summed E-state index contributed by atoms with van der Waals surface area (Å²) in [6, 6.07) is 0. The van der Waals surface area contributed by atoms with Crippen LogP contribution in [0.2, 0.25) is 0 Å². The highest BCUT2D eigenvalue weighted by molar-refractivity contribution is 5.85. The molecule has 0 bridgehead atoms. The van der Waals surface area contributed by atoms with Crippen molar-refractivity contribution in [3.8, 4) is 0 Å². The van der Waals surface area contributed by atoms with E-state index in [9.17, 15) is 9.59 Å². The van der Waals surface area contributed by atoms with Crippen LogP contribution in [0.4, 0.5) is 0 Å². The van der Waals surface area contributed by atoms with E-state index in [4.69, 9.17) is 35.9 Å². The second kappa shape index (κ2) is 18.8. The molecule has 9 nitrogen and oxygen atoms in total. The normalized spacial score (nSPS) is 10.3. The Labute approximate surface area is 162 Å². The number of ether oxygens (including phenoxy) is 3. The molecule has 6 N–H and O–H groups in total. The Morgan fingerprint density at radius 3 is 1.50 bits per heavy atom. The largest absolute Gasteiger partial charge is 0.480 e. The van der Waals surface area contributed by atoms with Crippen molar-refractivity contribution in [1.29, 1.82) is 0 Å². The topological polar surface area (TPSA) is 154 Å². The zero-order valence-corrected chi connectivity index (χ0v) is 17.6. The number of esters is 1. The first-order chi connectivity index (χ1) is 11.3. The fraction of sp³-hybridized carbons (Fsp3) is 0.875. The molecule has 0 atom stereocenters. The minimum absolute atomic E-state index is 0. The van der Waals surface area contributed by atoms with Crippen LogP contribution in [0.1, 0.15) is 41.5 Å². The number of hydrogen-bond acceptors (Lipinski definition) is 8. The van der Waals surface area contributed by atoms with E-state index in [0.717, 1.165) is 0 Å². The molecule has 0 aromatic heterocycles. The molecule has 0 saturated heterocycles. The second-order valence-corrected chi connectivity index (χ2v) is 6.00. The highest BCUT2D eigenvalue weighted by atomic mass is 35.5. The number of aliphatic hydroxyl groups is 1. The predicted molar refractivity (Wildman–Crippen MR) is 102 cm³/mol. The van der Waals surface area contributed by atoms with Crippen molar-refractivity contribution >= 4 is 24.3 Å². The summed E-state index contributed by atoms with van der Waals surface area (Å²) < 4.78 is 14.5. The number of carbonyl (C=O) groups is 2. The van der Waals surface area contributed by atoms with Crippen molar-refractivity contribution < 1.29 is 34.0 Å². The van der Waals surface area contributed by atoms with E-state index in [-0.39, 0.29) is 25.6 Å². The summed E-state index contributed by atoms with van der Waals surface area (Å²) in [6.45, 7) is 12.5. The molecule has 0 aliphatic carbocycles. The fourth-order valence-electron chi connectivity index (χ4n) is 0.733. The number of halogens is 1. The molecule has 0 saturated carbocycles. The molecule has 0 amide bonds. The number of aliphatic hydroxyl groups excluding tert-OH is 1. The van der Waals surface area contributed by atoms with E-state index in [2.05, 4.69) is 0 Å². The van der Waals surface area contributed by atoms with Crippen LogP contribution in [0.15, 0.2) is 0 Å². The van der Waals surface area contributed by atoms with Gasteiger partial charge in [-0.15, -0.1) is 12.4 Å². The van der Waals surface area contributed by atoms with Gasteiger partial charge in [0.15, 0.2) is 0 Å². The van der Waals surface area contributed by atoms with Crippen LogP contribution >= 0.6 is 12.4 Å². The molecule has 0 aromatic carbocycles. The van der Waals surface area contributed by atoms with Crippen molar-refractivity contribution in [3.05, 3.63) is 0 Å². The Hall–Kier alpha value is -0.970. The zero-order chi connectivity index (χ0) is 20.5. The van der Waals surface area contributed by atoms with Crippen LogP contribution in [0.3, 0.4) is 0 Å². The highest BCUT2D eigenvalue weighted by Crippen LogP contribution is 1.99. The molecule has 0 rings (SSSR count). The second-order valence-electron chi connectivity index (χ2n) is 6.00. The lowest BCUT2D eigenvalue weighted by Gasteiger charge is -2.16. The third-order valence-electron chi connectivity index (χ3n) is 2.18. The van der Waals surface area contributed by atoms with Gasteiger partial charge in [-0.05, 0) is 41.5 Å². The van der Waals surface area contributed by atoms with E-state index in [1.54, 1.807) is 13.8 Å². The van der Waals surface area contributed by atoms with Crippen LogP contribution in [-0.2, 0) is 23.8 Å². The Morgan fingerprint density at radius 1 is 0.885 bits per heavy atom. The van der Waals surface area contributed by atoms with E-state index in [0.29, 0.717) is 26.4 Å². The third-order valence-corrected chi connectivity index (χ3v) is 2.18. The summed E-state index contributed by atoms with van der Waals surface area (Å²) in [5.74, 6) is -1.38. The molecule has 26 heavy (non-hydrogen) atoms. The summed E-state index contributed by atoms with van der Waals surface area (Å²) >= 11 is 0. The lowest BCUT2D eigenvalue weighted by molar-refractivity contribution is -0.150. The molecule has 0 spiro atoms. The van der Waals surface area contributed by atoms with E-state index in [1.165, 1.54) is 13.8 Å². The van der Waals surface area contributed by atoms with Crippen molar-refractivity contribution in [2.75, 3.05) is 39.6 Å². The van der Waals surface area contributed by atoms with Gasteiger partial charge in [-0.3, -0.25) is 9.59 Å². The molecule has 0 unspecified atom stereocenters. The average Bonchev–Trinajstić information content (AvgIpc) is 2.48. The fourth-order valence-corrected chi connectivity index (χ4v) is 0.733. The first-order valence-electron chi connectivity index (χ1n) is 8.09. The van der Waals surface area contributed by atoms with E-state index in [1.807, 2.05) is 13.8 Å². The molecular weight excluding hydrogens is 368 g/mol. The van der Waals surface area contributed by atoms with Gasteiger partial charge in [0.2, 0.25) is 0 Å². The summed E-state index contributed by atoms with van der Waals surface area (Å²) in [5.41, 5.74) is 8.56. The molecule has 0 aliphatic heterocycles. The van der Waals surface area contributed by atoms with E-state index >= 15 is 0 Å². The summed E-state index contributed by atoms with van der Waals surface area (Å²) in [4.78, 5) is 20.9. The van der Waals surface area contributed by atoms with Gasteiger partial charge in [0, 0.05) is 13.2 Å². The van der Waals surface area contributed by atoms with Gasteiger partial charge in [-0.1, -0.05) is 0 Å². The number of carbonyl (C=O) groups excluding carboxylic acids is 1. The minimum Gasteiger partial charge on any atom is -0.480 e. The third kappa shape index (κ3) is 27.9. The number of carboxylic acids is 1. The predicted octanol–water partition coefficient (Wildman–Crippen LogP) is 0.549. The maximum Gasteiger partial charge on any atom is 0.325 e. The minimum atomic E-state index is -1.08. The summed E-state index contributed by atoms with van der Waals surface area (Å²) in [5, 5.41) is 16.2. The van der Waals surface area contributed by atoms with Gasteiger partial charge in [-0.25, -0.2) is 0 Å². The van der Waals surface area contributed by atoms with E-state index < -0.39 is 23.0 Å². The van der Waals surface area contributed by atoms with Crippen molar-refractivity contribution in [3.63, 3.8) is 0 Å². The first-order valence-corrected chi connectivity index (χ1v) is 8.09. The lowest BCUT2D eigenvalue weighted by Crippen LogP contribution is -2.43. The molecule has 0 heterocycles. The zero-order valence-electron chi connectivity index (χ0n) is 16.7. The van der Waals surface area contributed by atoms with Gasteiger partial charge >= 0.3 is 11.9 Å². The standard InChI is InChI=1S/C8H17NO3.C4H9NO2.C4H10O2.ClH/c1-4-11-5-6-12-7(10)8(2,3)9;1-4(2,5)3(6)7;1-2-6-4-3-5;/h4-6,9H2,1-3H3;5H2,1-2H3,(H,6,7);5H,2-4H2,1H3;1H. The number of hydrogen-bond donors (Lipinski definition) is 4. The molecule has 10 heteroatoms. The molecule has 0 radical (unpaired) electrons. The Kier molecular flexibility index (Phi) is 23.6. The number of carboxylic acid groups (broad SMARTS) is 1. The van der Waals surface area contributed by atoms with Crippen LogP contribution < -0.4 is 11.5 Å². The van der Waals surface area contributed by atoms with Crippen molar-refractivity contribution in [2.45, 2.75) is 52.6 Å². The quantitative estimate of drug-likeness (QED) is 0.318.